The van der Waals surface area contributed by atoms with Gasteiger partial charge < -0.3 is 19.8 Å². The maximum absolute atomic E-state index is 13.1. The Morgan fingerprint density at radius 3 is 2.50 bits per heavy atom. The van der Waals surface area contributed by atoms with Gasteiger partial charge in [-0.25, -0.2) is 0 Å². The van der Waals surface area contributed by atoms with Crippen molar-refractivity contribution in [1.82, 2.24) is 9.80 Å². The van der Waals surface area contributed by atoms with Gasteiger partial charge in [-0.05, 0) is 35.6 Å². The topological polar surface area (TPSA) is 90.3 Å². The number of aliphatic hydroxyl groups is 1. The summed E-state index contributed by atoms with van der Waals surface area (Å²) in [4.78, 5) is 30.3. The molecule has 1 atom stereocenters. The summed E-state index contributed by atoms with van der Waals surface area (Å²) in [6.07, 6.45) is 0.716. The largest absolute Gasteiger partial charge is 0.508 e. The van der Waals surface area contributed by atoms with Crippen LogP contribution in [0.1, 0.15) is 27.7 Å². The number of benzene rings is 1. The van der Waals surface area contributed by atoms with Crippen molar-refractivity contribution in [2.75, 3.05) is 39.4 Å². The molecule has 3 heterocycles. The third kappa shape index (κ3) is 4.12. The molecule has 2 N–H and O–H groups in total. The number of carbonyl (C=O) groups is 2. The van der Waals surface area contributed by atoms with E-state index in [4.69, 9.17) is 4.74 Å². The highest BCUT2D eigenvalue weighted by molar-refractivity contribution is 7.12. The SMILES string of the molecule is O=C(C1=C(O)C(=O)N(CCCN2CCOCC2)[C@@H]1c1ccc(O)cc1)c1cccs1. The molecule has 4 rings (SSSR count). The van der Waals surface area contributed by atoms with Crippen molar-refractivity contribution in [2.45, 2.75) is 12.5 Å². The van der Waals surface area contributed by atoms with E-state index in [9.17, 15) is 19.8 Å². The number of rotatable bonds is 7. The molecule has 7 nitrogen and oxygen atoms in total. The summed E-state index contributed by atoms with van der Waals surface area (Å²) in [5, 5.41) is 22.1. The average Bonchev–Trinajstić information content (AvgIpc) is 3.38. The molecule has 30 heavy (non-hydrogen) atoms. The van der Waals surface area contributed by atoms with E-state index in [0.29, 0.717) is 36.6 Å². The normalized spacial score (nSPS) is 20.2. The molecule has 0 radical (unpaired) electrons. The second-order valence-corrected chi connectivity index (χ2v) is 8.32. The minimum absolute atomic E-state index is 0.0968. The Kier molecular flexibility index (Phi) is 6.17. The maximum atomic E-state index is 13.1. The smallest absolute Gasteiger partial charge is 0.290 e. The summed E-state index contributed by atoms with van der Waals surface area (Å²) < 4.78 is 5.37. The number of aromatic hydroxyl groups is 1. The van der Waals surface area contributed by atoms with Gasteiger partial charge in [0.15, 0.2) is 5.76 Å². The van der Waals surface area contributed by atoms with Crippen molar-refractivity contribution >= 4 is 23.0 Å². The second kappa shape index (κ2) is 8.99. The van der Waals surface area contributed by atoms with E-state index in [1.165, 1.54) is 23.5 Å². The number of ether oxygens (including phenoxy) is 1. The highest BCUT2D eigenvalue weighted by atomic mass is 32.1. The molecule has 0 aliphatic carbocycles. The zero-order chi connectivity index (χ0) is 21.1. The Bertz CT molecular complexity index is 933. The lowest BCUT2D eigenvalue weighted by atomic mass is 9.95. The molecule has 2 aromatic rings. The number of carbonyl (C=O) groups excluding carboxylic acids is 2. The van der Waals surface area contributed by atoms with Gasteiger partial charge >= 0.3 is 0 Å². The standard InChI is InChI=1S/C22H24N2O5S/c25-16-6-4-15(5-7-16)19-18(20(26)17-3-1-14-30-17)21(27)22(28)24(19)9-2-8-23-10-12-29-13-11-23/h1,3-7,14,19,25,27H,2,8-13H2/t19-/m1/s1. The van der Waals surface area contributed by atoms with E-state index >= 15 is 0 Å². The fourth-order valence-corrected chi connectivity index (χ4v) is 4.63. The van der Waals surface area contributed by atoms with Crippen LogP contribution in [0.15, 0.2) is 53.1 Å². The van der Waals surface area contributed by atoms with E-state index < -0.39 is 17.7 Å². The fourth-order valence-electron chi connectivity index (χ4n) is 3.95. The van der Waals surface area contributed by atoms with Gasteiger partial charge in [0.05, 0.1) is 29.7 Å². The van der Waals surface area contributed by atoms with Gasteiger partial charge in [0.25, 0.3) is 5.91 Å². The number of phenols is 1. The Morgan fingerprint density at radius 1 is 1.10 bits per heavy atom. The summed E-state index contributed by atoms with van der Waals surface area (Å²) in [5.74, 6) is -1.27. The lowest BCUT2D eigenvalue weighted by molar-refractivity contribution is -0.129. The van der Waals surface area contributed by atoms with E-state index in [1.54, 1.807) is 34.5 Å². The van der Waals surface area contributed by atoms with Crippen LogP contribution in [0, 0.1) is 0 Å². The van der Waals surface area contributed by atoms with Crippen LogP contribution in [-0.4, -0.2) is 71.1 Å². The summed E-state index contributed by atoms with van der Waals surface area (Å²) in [7, 11) is 0. The molecular weight excluding hydrogens is 404 g/mol. The number of hydrogen-bond acceptors (Lipinski definition) is 7. The van der Waals surface area contributed by atoms with Crippen LogP contribution >= 0.6 is 11.3 Å². The van der Waals surface area contributed by atoms with Crippen molar-refractivity contribution < 1.29 is 24.5 Å². The number of aliphatic hydroxyl groups excluding tert-OH is 1. The van der Waals surface area contributed by atoms with Crippen LogP contribution in [0.3, 0.4) is 0 Å². The molecule has 2 aliphatic heterocycles. The van der Waals surface area contributed by atoms with E-state index in [2.05, 4.69) is 4.90 Å². The van der Waals surface area contributed by atoms with E-state index in [0.717, 1.165) is 19.6 Å². The predicted octanol–water partition coefficient (Wildman–Crippen LogP) is 2.75. The highest BCUT2D eigenvalue weighted by Crippen LogP contribution is 2.39. The predicted molar refractivity (Wildman–Crippen MR) is 113 cm³/mol. The molecule has 0 spiro atoms. The second-order valence-electron chi connectivity index (χ2n) is 7.37. The van der Waals surface area contributed by atoms with Gasteiger partial charge in [-0.1, -0.05) is 18.2 Å². The van der Waals surface area contributed by atoms with Gasteiger partial charge in [-0.15, -0.1) is 11.3 Å². The van der Waals surface area contributed by atoms with Crippen LogP contribution in [0.2, 0.25) is 0 Å². The number of thiophene rings is 1. The van der Waals surface area contributed by atoms with Gasteiger partial charge in [-0.2, -0.15) is 0 Å². The van der Waals surface area contributed by atoms with Gasteiger partial charge in [0.2, 0.25) is 5.78 Å². The molecule has 1 aromatic carbocycles. The Morgan fingerprint density at radius 2 is 1.83 bits per heavy atom. The van der Waals surface area contributed by atoms with Crippen molar-refractivity contribution in [2.24, 2.45) is 0 Å². The number of ketones is 1. The van der Waals surface area contributed by atoms with E-state index in [-0.39, 0.29) is 17.1 Å². The molecule has 2 aliphatic rings. The maximum Gasteiger partial charge on any atom is 0.290 e. The van der Waals surface area contributed by atoms with Crippen LogP contribution < -0.4 is 0 Å². The van der Waals surface area contributed by atoms with Crippen molar-refractivity contribution in [3.05, 3.63) is 63.6 Å². The number of morpholine rings is 1. The van der Waals surface area contributed by atoms with E-state index in [1.807, 2.05) is 0 Å². The summed E-state index contributed by atoms with van der Waals surface area (Å²) in [6, 6.07) is 9.18. The Labute approximate surface area is 178 Å². The average molecular weight is 429 g/mol. The van der Waals surface area contributed by atoms with Gasteiger partial charge in [0.1, 0.15) is 5.75 Å². The quantitative estimate of drug-likeness (QED) is 0.659. The third-order valence-corrected chi connectivity index (χ3v) is 6.35. The molecule has 1 aromatic heterocycles. The van der Waals surface area contributed by atoms with Gasteiger partial charge in [-0.3, -0.25) is 14.5 Å². The minimum Gasteiger partial charge on any atom is -0.508 e. The molecule has 8 heteroatoms. The fraction of sp³-hybridized carbons (Fsp3) is 0.364. The van der Waals surface area contributed by atoms with Crippen molar-refractivity contribution in [1.29, 1.82) is 0 Å². The minimum atomic E-state index is -0.683. The Hall–Kier alpha value is -2.68. The molecule has 0 saturated carbocycles. The molecule has 1 amide bonds. The molecule has 1 fully saturated rings. The first-order valence-electron chi connectivity index (χ1n) is 9.97. The van der Waals surface area contributed by atoms with Crippen molar-refractivity contribution in [3.63, 3.8) is 0 Å². The number of amides is 1. The first kappa shape index (κ1) is 20.6. The molecule has 0 bridgehead atoms. The number of hydrogen-bond donors (Lipinski definition) is 2. The van der Waals surface area contributed by atoms with Crippen LogP contribution in [-0.2, 0) is 9.53 Å². The first-order chi connectivity index (χ1) is 14.6. The first-order valence-corrected chi connectivity index (χ1v) is 10.9. The number of phenolic OH excluding ortho intramolecular Hbond substituents is 1. The lowest BCUT2D eigenvalue weighted by Gasteiger charge is -2.30. The number of nitrogens with zero attached hydrogens (tertiary/aromatic N) is 2. The lowest BCUT2D eigenvalue weighted by Crippen LogP contribution is -2.39. The zero-order valence-corrected chi connectivity index (χ0v) is 17.3. The van der Waals surface area contributed by atoms with Gasteiger partial charge in [0, 0.05) is 26.2 Å². The van der Waals surface area contributed by atoms with Crippen LogP contribution in [0.25, 0.3) is 0 Å². The summed E-state index contributed by atoms with van der Waals surface area (Å²) in [5.41, 5.74) is 0.774. The summed E-state index contributed by atoms with van der Waals surface area (Å²) >= 11 is 1.28. The van der Waals surface area contributed by atoms with Crippen LogP contribution in [0.4, 0.5) is 0 Å². The number of Topliss-reactive ketones (excluding diaryl/α,β-unsaturated/α-hetero) is 1. The molecule has 1 saturated heterocycles. The highest BCUT2D eigenvalue weighted by Gasteiger charge is 2.43. The third-order valence-electron chi connectivity index (χ3n) is 5.48. The monoisotopic (exact) mass is 428 g/mol. The van der Waals surface area contributed by atoms with Crippen LogP contribution in [0.5, 0.6) is 5.75 Å². The Balaban J connectivity index is 1.59. The van der Waals surface area contributed by atoms with Crippen molar-refractivity contribution in [3.8, 4) is 5.75 Å². The molecule has 158 valence electrons. The molecular formula is C22H24N2O5S. The zero-order valence-electron chi connectivity index (χ0n) is 16.5. The summed E-state index contributed by atoms with van der Waals surface area (Å²) in [6.45, 7) is 4.36. The molecule has 0 unspecified atom stereocenters.